The van der Waals surface area contributed by atoms with Crippen molar-refractivity contribution in [1.82, 2.24) is 0 Å². The molecule has 0 aliphatic rings. The van der Waals surface area contributed by atoms with Gasteiger partial charge in [-0.2, -0.15) is 0 Å². The van der Waals surface area contributed by atoms with Gasteiger partial charge in [-0.15, -0.1) is 0 Å². The summed E-state index contributed by atoms with van der Waals surface area (Å²) >= 11 is 6.57. The number of hydrogen-bond donors (Lipinski definition) is 1. The summed E-state index contributed by atoms with van der Waals surface area (Å²) in [7, 11) is 0. The van der Waals surface area contributed by atoms with Gasteiger partial charge in [0.25, 0.3) is 0 Å². The monoisotopic (exact) mass is 373 g/mol. The molecule has 0 atom stereocenters. The topological polar surface area (TPSA) is 35.2 Å². The van der Waals surface area contributed by atoms with Crippen LogP contribution in [0.5, 0.6) is 5.75 Å². The summed E-state index contributed by atoms with van der Waals surface area (Å²) in [6, 6.07) is 10.1. The summed E-state index contributed by atoms with van der Waals surface area (Å²) < 4.78 is 20.2. The highest BCUT2D eigenvalue weighted by Crippen LogP contribution is 2.29. The van der Waals surface area contributed by atoms with Crippen LogP contribution >= 0.6 is 31.9 Å². The molecule has 2 nitrogen and oxygen atoms in total. The molecule has 0 bridgehead atoms. The first-order chi connectivity index (χ1) is 8.58. The van der Waals surface area contributed by atoms with Crippen LogP contribution in [0.25, 0.3) is 0 Å². The number of hydrogen-bond acceptors (Lipinski definition) is 2. The zero-order valence-corrected chi connectivity index (χ0v) is 12.5. The molecule has 2 aromatic rings. The van der Waals surface area contributed by atoms with E-state index >= 15 is 0 Å². The number of anilines is 1. The van der Waals surface area contributed by atoms with Crippen LogP contribution in [0.15, 0.2) is 45.3 Å². The van der Waals surface area contributed by atoms with Crippen LogP contribution in [0.1, 0.15) is 5.56 Å². The van der Waals surface area contributed by atoms with Gasteiger partial charge < -0.3 is 10.5 Å². The minimum absolute atomic E-state index is 0.264. The number of rotatable bonds is 3. The van der Waals surface area contributed by atoms with E-state index in [0.29, 0.717) is 15.9 Å². The second-order valence-electron chi connectivity index (χ2n) is 3.69. The molecule has 94 valence electrons. The molecule has 0 radical (unpaired) electrons. The van der Waals surface area contributed by atoms with E-state index in [2.05, 4.69) is 31.9 Å². The van der Waals surface area contributed by atoms with Crippen molar-refractivity contribution in [1.29, 1.82) is 0 Å². The van der Waals surface area contributed by atoms with E-state index < -0.39 is 0 Å². The summed E-state index contributed by atoms with van der Waals surface area (Å²) in [5.74, 6) is 0.328. The predicted molar refractivity (Wildman–Crippen MR) is 77.0 cm³/mol. The quantitative estimate of drug-likeness (QED) is 0.802. The normalized spacial score (nSPS) is 10.4. The molecule has 0 saturated heterocycles. The third-order valence-electron chi connectivity index (χ3n) is 2.37. The first-order valence-corrected chi connectivity index (χ1v) is 6.77. The van der Waals surface area contributed by atoms with Crippen molar-refractivity contribution in [2.75, 3.05) is 5.73 Å². The van der Waals surface area contributed by atoms with E-state index in [-0.39, 0.29) is 12.4 Å². The lowest BCUT2D eigenvalue weighted by atomic mass is 10.2. The third kappa shape index (κ3) is 3.03. The maximum atomic E-state index is 13.3. The van der Waals surface area contributed by atoms with Gasteiger partial charge in [-0.1, -0.05) is 12.1 Å². The second-order valence-corrected chi connectivity index (χ2v) is 5.34. The summed E-state index contributed by atoms with van der Waals surface area (Å²) in [4.78, 5) is 0. The van der Waals surface area contributed by atoms with Gasteiger partial charge >= 0.3 is 0 Å². The Balaban J connectivity index is 2.16. The number of nitrogens with two attached hydrogens (primary N) is 1. The highest BCUT2D eigenvalue weighted by Gasteiger charge is 2.07. The molecule has 0 spiro atoms. The molecule has 0 aliphatic heterocycles. The van der Waals surface area contributed by atoms with E-state index in [0.717, 1.165) is 10.0 Å². The maximum Gasteiger partial charge on any atom is 0.137 e. The molecule has 0 aromatic heterocycles. The van der Waals surface area contributed by atoms with Gasteiger partial charge in [-0.05, 0) is 50.1 Å². The van der Waals surface area contributed by atoms with E-state index in [4.69, 9.17) is 10.5 Å². The highest BCUT2D eigenvalue weighted by atomic mass is 79.9. The van der Waals surface area contributed by atoms with Gasteiger partial charge in [0.05, 0.1) is 8.95 Å². The number of ether oxygens (including phenoxy) is 1. The van der Waals surface area contributed by atoms with Gasteiger partial charge in [-0.25, -0.2) is 4.39 Å². The van der Waals surface area contributed by atoms with Crippen LogP contribution in [0.2, 0.25) is 0 Å². The van der Waals surface area contributed by atoms with Crippen molar-refractivity contribution in [3.8, 4) is 5.75 Å². The fourth-order valence-corrected chi connectivity index (χ4v) is 2.19. The van der Waals surface area contributed by atoms with E-state index in [1.165, 1.54) is 6.07 Å². The molecule has 0 amide bonds. The second kappa shape index (κ2) is 5.71. The summed E-state index contributed by atoms with van der Waals surface area (Å²) in [5.41, 5.74) is 7.04. The highest BCUT2D eigenvalue weighted by molar-refractivity contribution is 9.10. The van der Waals surface area contributed by atoms with Gasteiger partial charge in [0, 0.05) is 17.3 Å². The molecule has 2 rings (SSSR count). The Morgan fingerprint density at radius 1 is 1.17 bits per heavy atom. The van der Waals surface area contributed by atoms with Crippen molar-refractivity contribution in [2.24, 2.45) is 0 Å². The van der Waals surface area contributed by atoms with Crippen molar-refractivity contribution in [2.45, 2.75) is 6.61 Å². The molecule has 0 fully saturated rings. The third-order valence-corrected chi connectivity index (χ3v) is 3.91. The fourth-order valence-electron chi connectivity index (χ4n) is 1.45. The molecule has 5 heteroatoms. The zero-order valence-electron chi connectivity index (χ0n) is 9.29. The molecule has 0 saturated carbocycles. The van der Waals surface area contributed by atoms with Gasteiger partial charge in [0.2, 0.25) is 0 Å². The van der Waals surface area contributed by atoms with E-state index in [1.807, 2.05) is 6.07 Å². The minimum Gasteiger partial charge on any atom is -0.488 e. The smallest absolute Gasteiger partial charge is 0.137 e. The van der Waals surface area contributed by atoms with Crippen LogP contribution in [0, 0.1) is 5.82 Å². The van der Waals surface area contributed by atoms with Crippen LogP contribution in [-0.2, 0) is 6.61 Å². The number of halogens is 3. The Kier molecular flexibility index (Phi) is 4.24. The predicted octanol–water partition coefficient (Wildman–Crippen LogP) is 4.51. The SMILES string of the molecule is Nc1ccc(Br)c(OCc2cccc(F)c2Br)c1. The lowest BCUT2D eigenvalue weighted by Gasteiger charge is -2.10. The Hall–Kier alpha value is -1.07. The Bertz CT molecular complexity index is 573. The van der Waals surface area contributed by atoms with Gasteiger partial charge in [0.15, 0.2) is 0 Å². The van der Waals surface area contributed by atoms with E-state index in [1.54, 1.807) is 24.3 Å². The average molecular weight is 375 g/mol. The Morgan fingerprint density at radius 3 is 2.72 bits per heavy atom. The molecular formula is C13H10Br2FNO. The molecular weight excluding hydrogens is 365 g/mol. The first kappa shape index (κ1) is 13.4. The summed E-state index contributed by atoms with van der Waals surface area (Å²) in [6.07, 6.45) is 0. The van der Waals surface area contributed by atoms with Crippen LogP contribution < -0.4 is 10.5 Å². The molecule has 0 unspecified atom stereocenters. The van der Waals surface area contributed by atoms with Crippen molar-refractivity contribution >= 4 is 37.5 Å². The van der Waals surface area contributed by atoms with Crippen molar-refractivity contribution in [3.05, 3.63) is 56.7 Å². The van der Waals surface area contributed by atoms with Crippen molar-refractivity contribution < 1.29 is 9.13 Å². The standard InChI is InChI=1S/C13H10Br2FNO/c14-10-5-4-9(17)6-12(10)18-7-8-2-1-3-11(16)13(8)15/h1-6H,7,17H2. The molecule has 0 aliphatic carbocycles. The minimum atomic E-state index is -0.303. The van der Waals surface area contributed by atoms with Crippen molar-refractivity contribution in [3.63, 3.8) is 0 Å². The summed E-state index contributed by atoms with van der Waals surface area (Å²) in [6.45, 7) is 0.264. The Labute approximate surface area is 121 Å². The first-order valence-electron chi connectivity index (χ1n) is 5.18. The average Bonchev–Trinajstić information content (AvgIpc) is 2.35. The molecule has 0 heterocycles. The lowest BCUT2D eigenvalue weighted by Crippen LogP contribution is -1.99. The zero-order chi connectivity index (χ0) is 13.1. The molecule has 18 heavy (non-hydrogen) atoms. The van der Waals surface area contributed by atoms with Crippen LogP contribution in [-0.4, -0.2) is 0 Å². The number of nitrogen functional groups attached to an aromatic ring is 1. The van der Waals surface area contributed by atoms with Crippen LogP contribution in [0.3, 0.4) is 0 Å². The van der Waals surface area contributed by atoms with Gasteiger partial charge in [-0.3, -0.25) is 0 Å². The molecule has 2 aromatic carbocycles. The van der Waals surface area contributed by atoms with Crippen LogP contribution in [0.4, 0.5) is 10.1 Å². The number of benzene rings is 2. The largest absolute Gasteiger partial charge is 0.488 e. The maximum absolute atomic E-state index is 13.3. The van der Waals surface area contributed by atoms with Gasteiger partial charge in [0.1, 0.15) is 18.2 Å². The molecule has 2 N–H and O–H groups in total. The summed E-state index contributed by atoms with van der Waals surface area (Å²) in [5, 5.41) is 0. The lowest BCUT2D eigenvalue weighted by molar-refractivity contribution is 0.303. The van der Waals surface area contributed by atoms with E-state index in [9.17, 15) is 4.39 Å². The fraction of sp³-hybridized carbons (Fsp3) is 0.0769. The Morgan fingerprint density at radius 2 is 1.94 bits per heavy atom.